The standard InChI is InChI=1S/C28H25Br2N3O3/c1-18-4-5-19(2)33(18)24-12-8-21(9-13-24)28(34)32-31-16-22-14-26(35-3)27(15-25(22)30)36-17-20-6-10-23(29)11-7-20/h4-16H,17H2,1-3H3,(H,32,34)/b31-16+. The Morgan fingerprint density at radius 2 is 1.61 bits per heavy atom. The highest BCUT2D eigenvalue weighted by Gasteiger charge is 2.11. The number of hydrogen-bond acceptors (Lipinski definition) is 4. The van der Waals surface area contributed by atoms with E-state index in [2.05, 4.69) is 72.9 Å². The topological polar surface area (TPSA) is 64.8 Å². The Hall–Kier alpha value is -3.36. The zero-order valence-corrected chi connectivity index (χ0v) is 23.3. The smallest absolute Gasteiger partial charge is 0.271 e. The lowest BCUT2D eigenvalue weighted by molar-refractivity contribution is 0.0955. The first-order valence-corrected chi connectivity index (χ1v) is 12.8. The van der Waals surface area contributed by atoms with Gasteiger partial charge in [0, 0.05) is 37.1 Å². The minimum absolute atomic E-state index is 0.295. The van der Waals surface area contributed by atoms with Gasteiger partial charge in [0.1, 0.15) is 6.61 Å². The Labute approximate surface area is 227 Å². The predicted octanol–water partition coefficient (Wildman–Crippen LogP) is 6.97. The molecule has 1 N–H and O–H groups in total. The lowest BCUT2D eigenvalue weighted by Gasteiger charge is -2.13. The van der Waals surface area contributed by atoms with Crippen molar-refractivity contribution >= 4 is 44.0 Å². The van der Waals surface area contributed by atoms with E-state index in [1.54, 1.807) is 31.5 Å². The fraction of sp³-hybridized carbons (Fsp3) is 0.143. The van der Waals surface area contributed by atoms with Crippen LogP contribution in [0.2, 0.25) is 0 Å². The summed E-state index contributed by atoms with van der Waals surface area (Å²) >= 11 is 6.98. The number of aryl methyl sites for hydroxylation is 2. The third-order valence-electron chi connectivity index (χ3n) is 5.62. The van der Waals surface area contributed by atoms with E-state index in [-0.39, 0.29) is 5.91 Å². The van der Waals surface area contributed by atoms with Crippen LogP contribution in [0.5, 0.6) is 11.5 Å². The molecule has 1 aromatic heterocycles. The van der Waals surface area contributed by atoms with Crippen molar-refractivity contribution in [1.29, 1.82) is 0 Å². The van der Waals surface area contributed by atoms with E-state index in [0.717, 1.165) is 37.1 Å². The molecule has 0 radical (unpaired) electrons. The van der Waals surface area contributed by atoms with Gasteiger partial charge in [-0.25, -0.2) is 5.43 Å². The number of benzene rings is 3. The molecule has 0 saturated carbocycles. The van der Waals surface area contributed by atoms with Crippen molar-refractivity contribution in [2.75, 3.05) is 7.11 Å². The number of carbonyl (C=O) groups excluding carboxylic acids is 1. The number of carbonyl (C=O) groups is 1. The first-order valence-electron chi connectivity index (χ1n) is 11.2. The van der Waals surface area contributed by atoms with Gasteiger partial charge in [0.25, 0.3) is 5.91 Å². The summed E-state index contributed by atoms with van der Waals surface area (Å²) in [5.74, 6) is 0.868. The highest BCUT2D eigenvalue weighted by molar-refractivity contribution is 9.10. The molecule has 8 heteroatoms. The van der Waals surface area contributed by atoms with Crippen LogP contribution in [0.4, 0.5) is 0 Å². The monoisotopic (exact) mass is 609 g/mol. The number of amides is 1. The molecule has 0 atom stereocenters. The molecule has 0 aliphatic rings. The van der Waals surface area contributed by atoms with Gasteiger partial charge in [0.05, 0.1) is 13.3 Å². The quantitative estimate of drug-likeness (QED) is 0.173. The predicted molar refractivity (Wildman–Crippen MR) is 149 cm³/mol. The summed E-state index contributed by atoms with van der Waals surface area (Å²) in [6.45, 7) is 4.51. The number of rotatable bonds is 8. The summed E-state index contributed by atoms with van der Waals surface area (Å²) in [6, 6.07) is 23.1. The van der Waals surface area contributed by atoms with Crippen LogP contribution in [0.15, 0.2) is 86.8 Å². The Kier molecular flexibility index (Phi) is 8.28. The van der Waals surface area contributed by atoms with Crippen LogP contribution in [-0.4, -0.2) is 23.8 Å². The molecular weight excluding hydrogens is 586 g/mol. The number of aromatic nitrogens is 1. The zero-order valence-electron chi connectivity index (χ0n) is 20.1. The molecule has 0 unspecified atom stereocenters. The highest BCUT2D eigenvalue weighted by atomic mass is 79.9. The van der Waals surface area contributed by atoms with Crippen LogP contribution in [0.25, 0.3) is 5.69 Å². The van der Waals surface area contributed by atoms with E-state index in [1.807, 2.05) is 42.5 Å². The SMILES string of the molecule is COc1cc(/C=N/NC(=O)c2ccc(-n3c(C)ccc3C)cc2)c(Br)cc1OCc1ccc(Br)cc1. The van der Waals surface area contributed by atoms with E-state index in [0.29, 0.717) is 23.7 Å². The number of nitrogens with one attached hydrogen (secondary N) is 1. The van der Waals surface area contributed by atoms with E-state index in [1.165, 1.54) is 0 Å². The molecule has 0 aliphatic heterocycles. The first kappa shape index (κ1) is 25.7. The van der Waals surface area contributed by atoms with Gasteiger partial charge >= 0.3 is 0 Å². The highest BCUT2D eigenvalue weighted by Crippen LogP contribution is 2.33. The third-order valence-corrected chi connectivity index (χ3v) is 6.83. The molecule has 6 nitrogen and oxygen atoms in total. The van der Waals surface area contributed by atoms with Gasteiger partial charge in [-0.1, -0.05) is 28.1 Å². The van der Waals surface area contributed by atoms with Crippen molar-refractivity contribution < 1.29 is 14.3 Å². The number of methoxy groups -OCH3 is 1. The van der Waals surface area contributed by atoms with Gasteiger partial charge in [-0.05, 0) is 96.0 Å². The first-order chi connectivity index (χ1) is 17.4. The van der Waals surface area contributed by atoms with Crippen molar-refractivity contribution in [2.24, 2.45) is 5.10 Å². The summed E-state index contributed by atoms with van der Waals surface area (Å²) < 4.78 is 15.4. The maximum atomic E-state index is 12.6. The van der Waals surface area contributed by atoms with Crippen LogP contribution in [0.1, 0.15) is 32.9 Å². The summed E-state index contributed by atoms with van der Waals surface area (Å²) in [7, 11) is 1.58. The summed E-state index contributed by atoms with van der Waals surface area (Å²) in [4.78, 5) is 12.6. The summed E-state index contributed by atoms with van der Waals surface area (Å²) in [6.07, 6.45) is 1.56. The average Bonchev–Trinajstić information content (AvgIpc) is 3.22. The fourth-order valence-electron chi connectivity index (χ4n) is 3.73. The Bertz CT molecular complexity index is 1380. The van der Waals surface area contributed by atoms with E-state index < -0.39 is 0 Å². The van der Waals surface area contributed by atoms with Crippen molar-refractivity contribution in [1.82, 2.24) is 9.99 Å². The molecule has 0 fully saturated rings. The molecule has 0 aliphatic carbocycles. The van der Waals surface area contributed by atoms with Crippen molar-refractivity contribution in [3.63, 3.8) is 0 Å². The second-order valence-electron chi connectivity index (χ2n) is 8.14. The minimum Gasteiger partial charge on any atom is -0.493 e. The fourth-order valence-corrected chi connectivity index (χ4v) is 4.42. The van der Waals surface area contributed by atoms with E-state index in [9.17, 15) is 4.79 Å². The molecule has 3 aromatic carbocycles. The molecule has 0 bridgehead atoms. The summed E-state index contributed by atoms with van der Waals surface area (Å²) in [5, 5.41) is 4.13. The summed E-state index contributed by atoms with van der Waals surface area (Å²) in [5.41, 5.74) is 8.16. The lowest BCUT2D eigenvalue weighted by atomic mass is 10.2. The lowest BCUT2D eigenvalue weighted by Crippen LogP contribution is -2.17. The molecule has 184 valence electrons. The van der Waals surface area contributed by atoms with Gasteiger partial charge in [-0.2, -0.15) is 5.10 Å². The zero-order chi connectivity index (χ0) is 25.7. The maximum Gasteiger partial charge on any atom is 0.271 e. The molecule has 0 saturated heterocycles. The van der Waals surface area contributed by atoms with E-state index in [4.69, 9.17) is 9.47 Å². The van der Waals surface area contributed by atoms with Gasteiger partial charge in [-0.3, -0.25) is 4.79 Å². The number of nitrogens with zero attached hydrogens (tertiary/aromatic N) is 2. The second kappa shape index (κ2) is 11.6. The van der Waals surface area contributed by atoms with Crippen molar-refractivity contribution in [2.45, 2.75) is 20.5 Å². The van der Waals surface area contributed by atoms with Crippen molar-refractivity contribution in [3.05, 3.63) is 110 Å². The largest absolute Gasteiger partial charge is 0.493 e. The Morgan fingerprint density at radius 1 is 0.944 bits per heavy atom. The molecule has 1 heterocycles. The van der Waals surface area contributed by atoms with Gasteiger partial charge in [-0.15, -0.1) is 0 Å². The van der Waals surface area contributed by atoms with E-state index >= 15 is 0 Å². The van der Waals surface area contributed by atoms with Crippen LogP contribution >= 0.6 is 31.9 Å². The van der Waals surface area contributed by atoms with Gasteiger partial charge in [0.2, 0.25) is 0 Å². The Morgan fingerprint density at radius 3 is 2.25 bits per heavy atom. The second-order valence-corrected chi connectivity index (χ2v) is 9.91. The molecule has 1 amide bonds. The average molecular weight is 611 g/mol. The number of hydrogen-bond donors (Lipinski definition) is 1. The number of halogens is 2. The normalized spacial score (nSPS) is 11.0. The maximum absolute atomic E-state index is 12.6. The molecule has 4 rings (SSSR count). The molecular formula is C28H25Br2N3O3. The van der Waals surface area contributed by atoms with Crippen LogP contribution in [0.3, 0.4) is 0 Å². The minimum atomic E-state index is -0.295. The molecule has 0 spiro atoms. The Balaban J connectivity index is 1.41. The number of hydrazone groups is 1. The third kappa shape index (κ3) is 6.06. The van der Waals surface area contributed by atoms with Gasteiger partial charge < -0.3 is 14.0 Å². The van der Waals surface area contributed by atoms with Crippen LogP contribution in [0, 0.1) is 13.8 Å². The van der Waals surface area contributed by atoms with Gasteiger partial charge in [0.15, 0.2) is 11.5 Å². The molecule has 4 aromatic rings. The molecule has 36 heavy (non-hydrogen) atoms. The van der Waals surface area contributed by atoms with Crippen LogP contribution in [-0.2, 0) is 6.61 Å². The van der Waals surface area contributed by atoms with Crippen LogP contribution < -0.4 is 14.9 Å². The van der Waals surface area contributed by atoms with Crippen molar-refractivity contribution in [3.8, 4) is 17.2 Å². The number of ether oxygens (including phenoxy) is 2.